The summed E-state index contributed by atoms with van der Waals surface area (Å²) in [4.78, 5) is 23.4. The SMILES string of the molecule is COc1ccccc1N1CCN(C(=O)NCCc2cnc[nH]2)CC1. The molecule has 7 nitrogen and oxygen atoms in total. The zero-order valence-electron chi connectivity index (χ0n) is 13.9. The fourth-order valence-electron chi connectivity index (χ4n) is 2.88. The van der Waals surface area contributed by atoms with Gasteiger partial charge in [0.15, 0.2) is 0 Å². The molecule has 7 heteroatoms. The Bertz CT molecular complexity index is 651. The van der Waals surface area contributed by atoms with E-state index in [4.69, 9.17) is 4.74 Å². The number of aromatic nitrogens is 2. The first-order valence-electron chi connectivity index (χ1n) is 8.16. The average Bonchev–Trinajstić information content (AvgIpc) is 3.15. The smallest absolute Gasteiger partial charge is 0.317 e. The lowest BCUT2D eigenvalue weighted by molar-refractivity contribution is 0.194. The van der Waals surface area contributed by atoms with Crippen molar-refractivity contribution in [1.82, 2.24) is 20.2 Å². The molecule has 1 aliphatic rings. The van der Waals surface area contributed by atoms with E-state index in [1.165, 1.54) is 0 Å². The Labute approximate surface area is 141 Å². The zero-order chi connectivity index (χ0) is 16.8. The monoisotopic (exact) mass is 329 g/mol. The van der Waals surface area contributed by atoms with E-state index in [9.17, 15) is 4.79 Å². The maximum Gasteiger partial charge on any atom is 0.317 e. The molecule has 2 N–H and O–H groups in total. The van der Waals surface area contributed by atoms with Gasteiger partial charge in [-0.15, -0.1) is 0 Å². The number of nitrogens with one attached hydrogen (secondary N) is 2. The summed E-state index contributed by atoms with van der Waals surface area (Å²) in [5.74, 6) is 0.870. The van der Waals surface area contributed by atoms with Crippen LogP contribution in [0.4, 0.5) is 10.5 Å². The van der Waals surface area contributed by atoms with Crippen molar-refractivity contribution in [3.05, 3.63) is 42.5 Å². The van der Waals surface area contributed by atoms with E-state index in [0.717, 1.165) is 36.6 Å². The number of imidazole rings is 1. The maximum absolute atomic E-state index is 12.2. The number of ether oxygens (including phenoxy) is 1. The molecule has 24 heavy (non-hydrogen) atoms. The molecule has 128 valence electrons. The van der Waals surface area contributed by atoms with E-state index in [2.05, 4.69) is 26.3 Å². The number of rotatable bonds is 5. The van der Waals surface area contributed by atoms with Gasteiger partial charge in [0.2, 0.25) is 0 Å². The third-order valence-electron chi connectivity index (χ3n) is 4.22. The number of urea groups is 1. The van der Waals surface area contributed by atoms with Gasteiger partial charge in [0.25, 0.3) is 0 Å². The second-order valence-corrected chi connectivity index (χ2v) is 5.70. The van der Waals surface area contributed by atoms with Crippen LogP contribution in [0.5, 0.6) is 5.75 Å². The second-order valence-electron chi connectivity index (χ2n) is 5.70. The standard InChI is InChI=1S/C17H23N5O2/c1-24-16-5-3-2-4-15(16)21-8-10-22(11-9-21)17(23)19-7-6-14-12-18-13-20-14/h2-5,12-13H,6-11H2,1H3,(H,18,20)(H,19,23). The molecule has 1 aromatic heterocycles. The fourth-order valence-corrected chi connectivity index (χ4v) is 2.88. The Hall–Kier alpha value is -2.70. The van der Waals surface area contributed by atoms with E-state index >= 15 is 0 Å². The number of carbonyl (C=O) groups excluding carboxylic acids is 1. The Morgan fingerprint density at radius 1 is 1.29 bits per heavy atom. The van der Waals surface area contributed by atoms with Gasteiger partial charge in [-0.05, 0) is 12.1 Å². The molecule has 3 rings (SSSR count). The molecule has 0 bridgehead atoms. The lowest BCUT2D eigenvalue weighted by atomic mass is 10.2. The van der Waals surface area contributed by atoms with Gasteiger partial charge >= 0.3 is 6.03 Å². The normalized spacial score (nSPS) is 14.5. The van der Waals surface area contributed by atoms with E-state index in [1.54, 1.807) is 19.6 Å². The summed E-state index contributed by atoms with van der Waals surface area (Å²) in [5, 5.41) is 2.96. The predicted octanol–water partition coefficient (Wildman–Crippen LogP) is 1.49. The van der Waals surface area contributed by atoms with Crippen molar-refractivity contribution < 1.29 is 9.53 Å². The van der Waals surface area contributed by atoms with Crippen molar-refractivity contribution in [2.45, 2.75) is 6.42 Å². The van der Waals surface area contributed by atoms with Crippen molar-refractivity contribution in [2.75, 3.05) is 44.7 Å². The summed E-state index contributed by atoms with van der Waals surface area (Å²) in [6, 6.07) is 7.98. The van der Waals surface area contributed by atoms with Gasteiger partial charge in [-0.25, -0.2) is 9.78 Å². The molecular weight excluding hydrogens is 306 g/mol. The maximum atomic E-state index is 12.2. The highest BCUT2D eigenvalue weighted by Gasteiger charge is 2.22. The largest absolute Gasteiger partial charge is 0.495 e. The first-order chi connectivity index (χ1) is 11.8. The molecule has 0 aliphatic carbocycles. The van der Waals surface area contributed by atoms with Crippen LogP contribution in [0.2, 0.25) is 0 Å². The Morgan fingerprint density at radius 3 is 2.79 bits per heavy atom. The van der Waals surface area contributed by atoms with E-state index < -0.39 is 0 Å². The Balaban J connectivity index is 1.46. The van der Waals surface area contributed by atoms with Gasteiger partial charge in [-0.1, -0.05) is 12.1 Å². The molecule has 1 fully saturated rings. The van der Waals surface area contributed by atoms with Gasteiger partial charge < -0.3 is 24.8 Å². The molecule has 0 saturated carbocycles. The van der Waals surface area contributed by atoms with Gasteiger partial charge in [-0.2, -0.15) is 0 Å². The number of hydrogen-bond donors (Lipinski definition) is 2. The molecule has 0 spiro atoms. The summed E-state index contributed by atoms with van der Waals surface area (Å²) in [7, 11) is 1.68. The number of amides is 2. The van der Waals surface area contributed by atoms with Crippen LogP contribution in [-0.2, 0) is 6.42 Å². The number of hydrogen-bond acceptors (Lipinski definition) is 4. The highest BCUT2D eigenvalue weighted by molar-refractivity contribution is 5.74. The minimum absolute atomic E-state index is 0.00538. The quantitative estimate of drug-likeness (QED) is 0.872. The summed E-state index contributed by atoms with van der Waals surface area (Å²) in [6.07, 6.45) is 4.18. The van der Waals surface area contributed by atoms with Crippen molar-refractivity contribution in [2.24, 2.45) is 0 Å². The first-order valence-corrected chi connectivity index (χ1v) is 8.16. The van der Waals surface area contributed by atoms with E-state index in [-0.39, 0.29) is 6.03 Å². The number of benzene rings is 1. The van der Waals surface area contributed by atoms with E-state index in [1.807, 2.05) is 23.1 Å². The van der Waals surface area contributed by atoms with Crippen molar-refractivity contribution >= 4 is 11.7 Å². The molecule has 1 aliphatic heterocycles. The minimum Gasteiger partial charge on any atom is -0.495 e. The zero-order valence-corrected chi connectivity index (χ0v) is 13.9. The van der Waals surface area contributed by atoms with Crippen LogP contribution in [0.25, 0.3) is 0 Å². The van der Waals surface area contributed by atoms with Gasteiger partial charge in [0, 0.05) is 51.0 Å². The van der Waals surface area contributed by atoms with Crippen molar-refractivity contribution in [3.8, 4) is 5.75 Å². The first kappa shape index (κ1) is 16.2. The highest BCUT2D eigenvalue weighted by Crippen LogP contribution is 2.28. The molecule has 2 amide bonds. The number of piperazine rings is 1. The molecule has 2 heterocycles. The summed E-state index contributed by atoms with van der Waals surface area (Å²) in [6.45, 7) is 3.61. The fraction of sp³-hybridized carbons (Fsp3) is 0.412. The topological polar surface area (TPSA) is 73.5 Å². The summed E-state index contributed by atoms with van der Waals surface area (Å²) >= 11 is 0. The number of aromatic amines is 1. The molecule has 1 aromatic carbocycles. The average molecular weight is 329 g/mol. The van der Waals surface area contributed by atoms with Crippen molar-refractivity contribution in [1.29, 1.82) is 0 Å². The van der Waals surface area contributed by atoms with Crippen LogP contribution in [0.1, 0.15) is 5.69 Å². The Kier molecular flexibility index (Phi) is 5.20. The molecule has 0 radical (unpaired) electrons. The summed E-state index contributed by atoms with van der Waals surface area (Å²) < 4.78 is 5.42. The molecule has 1 saturated heterocycles. The molecule has 2 aromatic rings. The van der Waals surface area contributed by atoms with Crippen LogP contribution >= 0.6 is 0 Å². The third kappa shape index (κ3) is 3.79. The predicted molar refractivity (Wildman–Crippen MR) is 92.5 cm³/mol. The number of anilines is 1. The highest BCUT2D eigenvalue weighted by atomic mass is 16.5. The van der Waals surface area contributed by atoms with Gasteiger partial charge in [-0.3, -0.25) is 0 Å². The van der Waals surface area contributed by atoms with Crippen LogP contribution in [0, 0.1) is 0 Å². The lowest BCUT2D eigenvalue weighted by Crippen LogP contribution is -2.52. The van der Waals surface area contributed by atoms with Gasteiger partial charge in [0.05, 0.1) is 19.1 Å². The molecule has 0 atom stereocenters. The number of methoxy groups -OCH3 is 1. The number of H-pyrrole nitrogens is 1. The van der Waals surface area contributed by atoms with E-state index in [0.29, 0.717) is 19.6 Å². The lowest BCUT2D eigenvalue weighted by Gasteiger charge is -2.36. The Morgan fingerprint density at radius 2 is 2.08 bits per heavy atom. The molecular formula is C17H23N5O2. The number of para-hydroxylation sites is 2. The van der Waals surface area contributed by atoms with Crippen LogP contribution in [0.3, 0.4) is 0 Å². The summed E-state index contributed by atoms with van der Waals surface area (Å²) in [5.41, 5.74) is 2.11. The van der Waals surface area contributed by atoms with Gasteiger partial charge in [0.1, 0.15) is 5.75 Å². The van der Waals surface area contributed by atoms with Crippen LogP contribution < -0.4 is 15.0 Å². The second kappa shape index (κ2) is 7.72. The number of nitrogens with zero attached hydrogens (tertiary/aromatic N) is 3. The third-order valence-corrected chi connectivity index (χ3v) is 4.22. The van der Waals surface area contributed by atoms with Crippen LogP contribution in [0.15, 0.2) is 36.8 Å². The minimum atomic E-state index is -0.00538. The molecule has 0 unspecified atom stereocenters. The van der Waals surface area contributed by atoms with Crippen LogP contribution in [-0.4, -0.2) is 60.7 Å². The van der Waals surface area contributed by atoms with Crippen molar-refractivity contribution in [3.63, 3.8) is 0 Å². The number of carbonyl (C=O) groups is 1.